The van der Waals surface area contributed by atoms with Gasteiger partial charge in [-0.2, -0.15) is 5.26 Å². The summed E-state index contributed by atoms with van der Waals surface area (Å²) >= 11 is 3.58. The van der Waals surface area contributed by atoms with Crippen molar-refractivity contribution in [1.82, 2.24) is 5.32 Å². The van der Waals surface area contributed by atoms with Crippen LogP contribution in [0.3, 0.4) is 0 Å². The first-order valence-corrected chi connectivity index (χ1v) is 7.10. The van der Waals surface area contributed by atoms with Crippen LogP contribution in [0, 0.1) is 16.7 Å². The largest absolute Gasteiger partial charge is 0.310 e. The molecule has 0 heterocycles. The van der Waals surface area contributed by atoms with E-state index in [0.29, 0.717) is 12.5 Å². The Kier molecular flexibility index (Phi) is 5.84. The molecule has 0 bridgehead atoms. The van der Waals surface area contributed by atoms with Crippen LogP contribution in [-0.4, -0.2) is 6.54 Å². The van der Waals surface area contributed by atoms with Gasteiger partial charge in [0.15, 0.2) is 0 Å². The molecule has 18 heavy (non-hydrogen) atoms. The maximum atomic E-state index is 8.64. The number of nitriles is 1. The molecule has 0 spiro atoms. The van der Waals surface area contributed by atoms with Crippen molar-refractivity contribution in [2.24, 2.45) is 5.41 Å². The smallest absolute Gasteiger partial charge is 0.0621 e. The number of nitrogens with one attached hydrogen (secondary N) is 1. The summed E-state index contributed by atoms with van der Waals surface area (Å²) in [4.78, 5) is 0. The highest BCUT2D eigenvalue weighted by atomic mass is 79.9. The van der Waals surface area contributed by atoms with E-state index in [-0.39, 0.29) is 5.41 Å². The molecule has 0 aliphatic carbocycles. The van der Waals surface area contributed by atoms with Crippen LogP contribution in [0.25, 0.3) is 0 Å². The molecule has 0 aliphatic rings. The molecule has 0 saturated heterocycles. The molecule has 1 aromatic rings. The first-order valence-electron chi connectivity index (χ1n) is 6.31. The maximum Gasteiger partial charge on any atom is 0.0621 e. The van der Waals surface area contributed by atoms with Gasteiger partial charge in [0, 0.05) is 23.5 Å². The second kappa shape index (κ2) is 6.92. The molecule has 1 atom stereocenters. The Hall–Kier alpha value is -0.850. The van der Waals surface area contributed by atoms with E-state index in [1.165, 1.54) is 5.56 Å². The predicted molar refractivity (Wildman–Crippen MR) is 79.2 cm³/mol. The number of benzene rings is 1. The summed E-state index contributed by atoms with van der Waals surface area (Å²) in [7, 11) is 0. The molecule has 0 radical (unpaired) electrons. The van der Waals surface area contributed by atoms with E-state index in [9.17, 15) is 0 Å². The summed E-state index contributed by atoms with van der Waals surface area (Å²) in [5, 5.41) is 12.2. The molecular formula is C15H21BrN2. The van der Waals surface area contributed by atoms with Gasteiger partial charge in [0.1, 0.15) is 0 Å². The van der Waals surface area contributed by atoms with Gasteiger partial charge in [-0.25, -0.2) is 0 Å². The molecule has 0 aliphatic heterocycles. The third kappa shape index (κ3) is 4.80. The summed E-state index contributed by atoms with van der Waals surface area (Å²) in [6.07, 6.45) is 1.55. The molecule has 2 nitrogen and oxygen atoms in total. The summed E-state index contributed by atoms with van der Waals surface area (Å²) in [6.45, 7) is 7.48. The third-order valence-electron chi connectivity index (χ3n) is 3.17. The first-order chi connectivity index (χ1) is 8.46. The molecule has 1 aromatic carbocycles. The van der Waals surface area contributed by atoms with Crippen LogP contribution in [0.15, 0.2) is 28.7 Å². The molecule has 0 amide bonds. The summed E-state index contributed by atoms with van der Waals surface area (Å²) in [5.41, 5.74) is 1.43. The zero-order valence-electron chi connectivity index (χ0n) is 11.3. The number of hydrogen-bond acceptors (Lipinski definition) is 2. The lowest BCUT2D eigenvalue weighted by molar-refractivity contribution is 0.304. The summed E-state index contributed by atoms with van der Waals surface area (Å²) < 4.78 is 1.14. The highest BCUT2D eigenvalue weighted by Crippen LogP contribution is 2.25. The van der Waals surface area contributed by atoms with Gasteiger partial charge >= 0.3 is 0 Å². The second-order valence-corrected chi connectivity index (χ2v) is 6.30. The van der Waals surface area contributed by atoms with Gasteiger partial charge in [-0.1, -0.05) is 48.0 Å². The van der Waals surface area contributed by atoms with Gasteiger partial charge in [0.05, 0.1) is 6.07 Å². The molecular weight excluding hydrogens is 288 g/mol. The van der Waals surface area contributed by atoms with E-state index < -0.39 is 0 Å². The van der Waals surface area contributed by atoms with Gasteiger partial charge < -0.3 is 5.32 Å². The van der Waals surface area contributed by atoms with E-state index >= 15 is 0 Å². The van der Waals surface area contributed by atoms with Crippen molar-refractivity contribution < 1.29 is 0 Å². The van der Waals surface area contributed by atoms with Crippen LogP contribution in [0.2, 0.25) is 0 Å². The minimum Gasteiger partial charge on any atom is -0.310 e. The summed E-state index contributed by atoms with van der Waals surface area (Å²) in [5.74, 6) is 0. The van der Waals surface area contributed by atoms with Crippen LogP contribution in [0.5, 0.6) is 0 Å². The van der Waals surface area contributed by atoms with Crippen molar-refractivity contribution in [3.8, 4) is 6.07 Å². The second-order valence-electron chi connectivity index (χ2n) is 5.45. The fraction of sp³-hybridized carbons (Fsp3) is 0.533. The van der Waals surface area contributed by atoms with Gasteiger partial charge in [-0.15, -0.1) is 0 Å². The fourth-order valence-corrected chi connectivity index (χ4v) is 2.48. The zero-order chi connectivity index (χ0) is 13.6. The van der Waals surface area contributed by atoms with Crippen molar-refractivity contribution >= 4 is 15.9 Å². The molecule has 1 N–H and O–H groups in total. The van der Waals surface area contributed by atoms with E-state index in [4.69, 9.17) is 5.26 Å². The Morgan fingerprint density at radius 3 is 2.67 bits per heavy atom. The van der Waals surface area contributed by atoms with E-state index in [1.807, 2.05) is 6.07 Å². The maximum absolute atomic E-state index is 8.64. The van der Waals surface area contributed by atoms with Gasteiger partial charge in [-0.3, -0.25) is 0 Å². The molecule has 3 heteroatoms. The molecule has 98 valence electrons. The average molecular weight is 309 g/mol. The number of rotatable bonds is 6. The van der Waals surface area contributed by atoms with E-state index in [1.54, 1.807) is 0 Å². The van der Waals surface area contributed by atoms with E-state index in [2.05, 4.69) is 66.3 Å². The Morgan fingerprint density at radius 1 is 1.39 bits per heavy atom. The van der Waals surface area contributed by atoms with Crippen molar-refractivity contribution in [3.63, 3.8) is 0 Å². The topological polar surface area (TPSA) is 35.8 Å². The van der Waals surface area contributed by atoms with Crippen LogP contribution in [-0.2, 0) is 0 Å². The van der Waals surface area contributed by atoms with Crippen molar-refractivity contribution in [2.75, 3.05) is 6.54 Å². The molecule has 1 unspecified atom stereocenters. The van der Waals surface area contributed by atoms with Crippen LogP contribution >= 0.6 is 15.9 Å². The Bertz CT molecular complexity index is 421. The molecule has 0 saturated carbocycles. The lowest BCUT2D eigenvalue weighted by Gasteiger charge is -2.27. The highest BCUT2D eigenvalue weighted by Gasteiger charge is 2.19. The van der Waals surface area contributed by atoms with Crippen LogP contribution in [0.4, 0.5) is 0 Å². The average Bonchev–Trinajstić information content (AvgIpc) is 2.34. The highest BCUT2D eigenvalue weighted by molar-refractivity contribution is 9.10. The van der Waals surface area contributed by atoms with Crippen molar-refractivity contribution in [2.45, 2.75) is 39.7 Å². The Labute approximate surface area is 119 Å². The van der Waals surface area contributed by atoms with Crippen LogP contribution in [0.1, 0.15) is 45.2 Å². The quantitative estimate of drug-likeness (QED) is 0.844. The number of halogens is 1. The molecule has 0 fully saturated rings. The third-order valence-corrected chi connectivity index (χ3v) is 3.89. The van der Waals surface area contributed by atoms with Crippen molar-refractivity contribution in [3.05, 3.63) is 34.3 Å². The van der Waals surface area contributed by atoms with Crippen molar-refractivity contribution in [1.29, 1.82) is 5.26 Å². The first kappa shape index (κ1) is 15.2. The monoisotopic (exact) mass is 308 g/mol. The van der Waals surface area contributed by atoms with Gasteiger partial charge in [0.25, 0.3) is 0 Å². The van der Waals surface area contributed by atoms with E-state index in [0.717, 1.165) is 17.4 Å². The molecule has 0 aromatic heterocycles. The number of nitrogens with zero attached hydrogens (tertiary/aromatic N) is 1. The molecule has 1 rings (SSSR count). The fourth-order valence-electron chi connectivity index (χ4n) is 1.85. The summed E-state index contributed by atoms with van der Waals surface area (Å²) in [6, 6.07) is 10.8. The Morgan fingerprint density at radius 2 is 2.06 bits per heavy atom. The predicted octanol–water partition coefficient (Wildman–Crippen LogP) is 4.43. The lowest BCUT2D eigenvalue weighted by Crippen LogP contribution is -2.31. The van der Waals surface area contributed by atoms with Crippen LogP contribution < -0.4 is 5.32 Å². The lowest BCUT2D eigenvalue weighted by atomic mass is 9.87. The standard InChI is InChI=1S/C15H21BrN2/c1-12(13-7-4-5-8-14(13)16)18-11-15(2,3)9-6-10-17/h4-5,7-8,12,18H,6,9,11H2,1-3H3. The van der Waals surface area contributed by atoms with Gasteiger partial charge in [0.2, 0.25) is 0 Å². The minimum absolute atomic E-state index is 0.158. The van der Waals surface area contributed by atoms with Gasteiger partial charge in [-0.05, 0) is 30.4 Å². The number of hydrogen-bond donors (Lipinski definition) is 1. The zero-order valence-corrected chi connectivity index (χ0v) is 12.9. The normalized spacial score (nSPS) is 13.1. The SMILES string of the molecule is CC(NCC(C)(C)CCC#N)c1ccccc1Br. The Balaban J connectivity index is 2.54. The minimum atomic E-state index is 0.158.